The summed E-state index contributed by atoms with van der Waals surface area (Å²) < 4.78 is 0. The van der Waals surface area contributed by atoms with E-state index in [1.54, 1.807) is 27.7 Å². The fourth-order valence-electron chi connectivity index (χ4n) is 7.68. The van der Waals surface area contributed by atoms with Crippen molar-refractivity contribution in [2.75, 3.05) is 13.2 Å². The predicted octanol–water partition coefficient (Wildman–Crippen LogP) is 4.52. The molecule has 1 heterocycles. The van der Waals surface area contributed by atoms with E-state index in [-0.39, 0.29) is 49.5 Å². The number of hydrogen-bond acceptors (Lipinski definition) is 8. The van der Waals surface area contributed by atoms with Gasteiger partial charge >= 0.3 is 0 Å². The highest BCUT2D eigenvalue weighted by molar-refractivity contribution is 5.97. The number of hydrogen-bond donors (Lipinski definition) is 7. The highest BCUT2D eigenvalue weighted by Gasteiger charge is 2.42. The standard InChI is InChI=1S/C45H83N7O8/c1-10-11-12-13-14-15-16-17-18-19-20-23-38(55)51-45(8,9)44(60)52-26-21-22-36(52)42(58)49-35(28-31(4)5)41(57)50-39(32(6)7)43(59)48-34(24-25-37(46)54)40(56)47-33(29-53)27-30(2)3/h30-36,39,53H,10-29H2,1-9H3,(H2,46,54)(H,47,56)(H,48,59)(H,49,58)(H,50,57)(H,51,55)/t33-,34-,35-,36?,39-/m0/s1. The molecule has 0 aromatic carbocycles. The topological polar surface area (TPSA) is 229 Å². The van der Waals surface area contributed by atoms with Gasteiger partial charge in [-0.25, -0.2) is 0 Å². The second-order valence-electron chi connectivity index (χ2n) is 18.6. The Morgan fingerprint density at radius 3 is 1.77 bits per heavy atom. The van der Waals surface area contributed by atoms with Gasteiger partial charge in [-0.15, -0.1) is 0 Å². The number of primary amides is 1. The van der Waals surface area contributed by atoms with Gasteiger partial charge in [-0.3, -0.25) is 33.6 Å². The molecule has 15 heteroatoms. The van der Waals surface area contributed by atoms with Gasteiger partial charge in [0.25, 0.3) is 0 Å². The molecule has 1 rings (SSSR count). The molecule has 60 heavy (non-hydrogen) atoms. The predicted molar refractivity (Wildman–Crippen MR) is 235 cm³/mol. The Morgan fingerprint density at radius 2 is 1.25 bits per heavy atom. The number of aliphatic hydroxyl groups is 1. The van der Waals surface area contributed by atoms with Crippen molar-refractivity contribution in [1.82, 2.24) is 31.5 Å². The van der Waals surface area contributed by atoms with Crippen LogP contribution in [0.25, 0.3) is 0 Å². The van der Waals surface area contributed by atoms with Gasteiger partial charge in [0.15, 0.2) is 0 Å². The molecular formula is C45H83N7O8. The van der Waals surface area contributed by atoms with Crippen LogP contribution in [0, 0.1) is 17.8 Å². The maximum Gasteiger partial charge on any atom is 0.248 e. The molecule has 5 atom stereocenters. The molecule has 1 saturated heterocycles. The number of aliphatic hydroxyl groups excluding tert-OH is 1. The van der Waals surface area contributed by atoms with E-state index in [4.69, 9.17) is 5.73 Å². The molecule has 1 unspecified atom stereocenters. The number of carbonyl (C=O) groups excluding carboxylic acids is 7. The lowest BCUT2D eigenvalue weighted by molar-refractivity contribution is -0.145. The number of amides is 7. The molecule has 15 nitrogen and oxygen atoms in total. The summed E-state index contributed by atoms with van der Waals surface area (Å²) in [4.78, 5) is 94.6. The molecule has 7 amide bonds. The van der Waals surface area contributed by atoms with Crippen LogP contribution in [0.4, 0.5) is 0 Å². The van der Waals surface area contributed by atoms with Gasteiger partial charge in [0, 0.05) is 19.4 Å². The first-order valence-electron chi connectivity index (χ1n) is 23.0. The van der Waals surface area contributed by atoms with Crippen LogP contribution >= 0.6 is 0 Å². The summed E-state index contributed by atoms with van der Waals surface area (Å²) in [5.74, 6) is -3.90. The van der Waals surface area contributed by atoms with Crippen molar-refractivity contribution in [2.24, 2.45) is 23.5 Å². The number of likely N-dealkylation sites (tertiary alicyclic amines) is 1. The number of carbonyl (C=O) groups is 7. The summed E-state index contributed by atoms with van der Waals surface area (Å²) >= 11 is 0. The minimum absolute atomic E-state index is 0.0321. The third kappa shape index (κ3) is 21.2. The molecule has 8 N–H and O–H groups in total. The van der Waals surface area contributed by atoms with E-state index in [9.17, 15) is 38.7 Å². The lowest BCUT2D eigenvalue weighted by Gasteiger charge is -2.34. The molecule has 0 spiro atoms. The van der Waals surface area contributed by atoms with Crippen molar-refractivity contribution in [3.05, 3.63) is 0 Å². The summed E-state index contributed by atoms with van der Waals surface area (Å²) in [5, 5.41) is 23.7. The van der Waals surface area contributed by atoms with Crippen LogP contribution in [-0.2, 0) is 33.6 Å². The number of unbranched alkanes of at least 4 members (excludes halogenated alkanes) is 10. The van der Waals surface area contributed by atoms with Crippen LogP contribution in [-0.4, -0.2) is 100 Å². The Bertz CT molecular complexity index is 1350. The van der Waals surface area contributed by atoms with Gasteiger partial charge in [-0.2, -0.15) is 0 Å². The zero-order chi connectivity index (χ0) is 45.4. The zero-order valence-electron chi connectivity index (χ0n) is 38.6. The number of rotatable bonds is 31. The van der Waals surface area contributed by atoms with Crippen LogP contribution < -0.4 is 32.3 Å². The minimum Gasteiger partial charge on any atom is -0.394 e. The Balaban J connectivity index is 2.93. The van der Waals surface area contributed by atoms with Crippen LogP contribution in [0.5, 0.6) is 0 Å². The highest BCUT2D eigenvalue weighted by atomic mass is 16.3. The Hall–Kier alpha value is -3.75. The van der Waals surface area contributed by atoms with E-state index in [0.29, 0.717) is 32.2 Å². The molecule has 1 fully saturated rings. The molecule has 1 aliphatic heterocycles. The highest BCUT2D eigenvalue weighted by Crippen LogP contribution is 2.23. The average molecular weight is 850 g/mol. The van der Waals surface area contributed by atoms with Crippen LogP contribution in [0.2, 0.25) is 0 Å². The smallest absolute Gasteiger partial charge is 0.248 e. The molecule has 0 saturated carbocycles. The van der Waals surface area contributed by atoms with Gasteiger partial charge in [-0.05, 0) is 70.1 Å². The SMILES string of the molecule is CCCCCCCCCCCCCC(=O)NC(C)(C)C(=O)N1CCCC1C(=O)N[C@@H](CC(C)C)C(=O)N[C@H](C(=O)N[C@@H](CCC(N)=O)C(=O)N[C@H](CO)CC(C)C)C(C)C. The fourth-order valence-corrected chi connectivity index (χ4v) is 7.68. The van der Waals surface area contributed by atoms with E-state index in [2.05, 4.69) is 33.5 Å². The average Bonchev–Trinajstić information content (AvgIpc) is 3.66. The number of nitrogens with zero attached hydrogens (tertiary/aromatic N) is 1. The number of nitrogens with two attached hydrogens (primary N) is 1. The van der Waals surface area contributed by atoms with E-state index < -0.39 is 71.2 Å². The van der Waals surface area contributed by atoms with E-state index in [1.807, 2.05) is 27.7 Å². The molecule has 0 aromatic heterocycles. The summed E-state index contributed by atoms with van der Waals surface area (Å²) in [7, 11) is 0. The molecule has 0 aliphatic carbocycles. The fraction of sp³-hybridized carbons (Fsp3) is 0.844. The Labute approximate surface area is 361 Å². The van der Waals surface area contributed by atoms with Gasteiger partial charge < -0.3 is 42.3 Å². The lowest BCUT2D eigenvalue weighted by Crippen LogP contribution is -2.61. The summed E-state index contributed by atoms with van der Waals surface area (Å²) in [6.45, 7) is 16.7. The third-order valence-electron chi connectivity index (χ3n) is 11.0. The second-order valence-corrected chi connectivity index (χ2v) is 18.6. The zero-order valence-corrected chi connectivity index (χ0v) is 38.6. The maximum absolute atomic E-state index is 13.9. The first kappa shape index (κ1) is 54.3. The largest absolute Gasteiger partial charge is 0.394 e. The van der Waals surface area contributed by atoms with Crippen molar-refractivity contribution < 1.29 is 38.7 Å². The van der Waals surface area contributed by atoms with Crippen LogP contribution in [0.1, 0.15) is 178 Å². The van der Waals surface area contributed by atoms with Crippen molar-refractivity contribution in [3.8, 4) is 0 Å². The monoisotopic (exact) mass is 850 g/mol. The Kier molecular flexibility index (Phi) is 26.0. The van der Waals surface area contributed by atoms with E-state index in [0.717, 1.165) is 25.7 Å². The van der Waals surface area contributed by atoms with Crippen molar-refractivity contribution >= 4 is 41.4 Å². The van der Waals surface area contributed by atoms with Crippen LogP contribution in [0.3, 0.4) is 0 Å². The van der Waals surface area contributed by atoms with Gasteiger partial charge in [0.2, 0.25) is 41.4 Å². The van der Waals surface area contributed by atoms with Crippen molar-refractivity contribution in [1.29, 1.82) is 0 Å². The van der Waals surface area contributed by atoms with Crippen molar-refractivity contribution in [3.63, 3.8) is 0 Å². The number of nitrogens with one attached hydrogen (secondary N) is 5. The summed E-state index contributed by atoms with van der Waals surface area (Å²) in [6.07, 6.45) is 14.7. The third-order valence-corrected chi connectivity index (χ3v) is 11.0. The van der Waals surface area contributed by atoms with E-state index >= 15 is 0 Å². The van der Waals surface area contributed by atoms with Crippen molar-refractivity contribution in [2.45, 2.75) is 214 Å². The molecule has 0 radical (unpaired) electrons. The maximum atomic E-state index is 13.9. The molecule has 1 aliphatic rings. The van der Waals surface area contributed by atoms with E-state index in [1.165, 1.54) is 49.8 Å². The minimum atomic E-state index is -1.25. The normalized spacial score (nSPS) is 16.3. The first-order chi connectivity index (χ1) is 28.2. The summed E-state index contributed by atoms with van der Waals surface area (Å²) in [6, 6.07) is -4.74. The molecule has 0 bridgehead atoms. The van der Waals surface area contributed by atoms with Gasteiger partial charge in [0.05, 0.1) is 12.6 Å². The quantitative estimate of drug-likeness (QED) is 0.0490. The van der Waals surface area contributed by atoms with Crippen LogP contribution in [0.15, 0.2) is 0 Å². The van der Waals surface area contributed by atoms with Gasteiger partial charge in [-0.1, -0.05) is 113 Å². The first-order valence-corrected chi connectivity index (χ1v) is 23.0. The summed E-state index contributed by atoms with van der Waals surface area (Å²) in [5.41, 5.74) is 4.11. The van der Waals surface area contributed by atoms with Gasteiger partial charge in [0.1, 0.15) is 29.7 Å². The lowest BCUT2D eigenvalue weighted by atomic mass is 9.98. The molecule has 0 aromatic rings. The molecular weight excluding hydrogens is 767 g/mol. The Morgan fingerprint density at radius 1 is 0.700 bits per heavy atom. The second kappa shape index (κ2) is 28.7. The molecule has 346 valence electrons.